The zero-order valence-corrected chi connectivity index (χ0v) is 14.6. The number of nitrogens with zero attached hydrogens (tertiary/aromatic N) is 1. The highest BCUT2D eigenvalue weighted by Gasteiger charge is 2.06. The fourth-order valence-electron chi connectivity index (χ4n) is 1.94. The van der Waals surface area contributed by atoms with Gasteiger partial charge in [0.05, 0.1) is 6.54 Å². The molecular weight excluding hydrogens is 358 g/mol. The molecule has 0 saturated carbocycles. The van der Waals surface area contributed by atoms with Gasteiger partial charge in [-0.1, -0.05) is 22.0 Å². The molecule has 23 heavy (non-hydrogen) atoms. The Morgan fingerprint density at radius 2 is 1.78 bits per heavy atom. The highest BCUT2D eigenvalue weighted by Crippen LogP contribution is 2.17. The number of amides is 2. The molecule has 0 fully saturated rings. The Balaban J connectivity index is 1.88. The molecular formula is C17H18BrN3O2. The first-order valence-electron chi connectivity index (χ1n) is 7.09. The van der Waals surface area contributed by atoms with Crippen LogP contribution in [0.3, 0.4) is 0 Å². The Morgan fingerprint density at radius 3 is 2.39 bits per heavy atom. The summed E-state index contributed by atoms with van der Waals surface area (Å²) in [4.78, 5) is 24.8. The second-order valence-electron chi connectivity index (χ2n) is 5.04. The molecule has 0 bridgehead atoms. The van der Waals surface area contributed by atoms with E-state index in [1.165, 1.54) is 6.92 Å². The number of nitrogens with one attached hydrogen (secondary N) is 2. The van der Waals surface area contributed by atoms with E-state index in [-0.39, 0.29) is 18.4 Å². The summed E-state index contributed by atoms with van der Waals surface area (Å²) in [5.41, 5.74) is 2.36. The van der Waals surface area contributed by atoms with E-state index in [1.807, 2.05) is 48.5 Å². The second-order valence-corrected chi connectivity index (χ2v) is 5.95. The second kappa shape index (κ2) is 7.78. The van der Waals surface area contributed by atoms with Gasteiger partial charge in [-0.3, -0.25) is 9.59 Å². The average molecular weight is 376 g/mol. The average Bonchev–Trinajstić information content (AvgIpc) is 2.52. The Morgan fingerprint density at radius 1 is 1.09 bits per heavy atom. The first-order valence-corrected chi connectivity index (χ1v) is 7.88. The van der Waals surface area contributed by atoms with Crippen molar-refractivity contribution in [3.05, 3.63) is 53.0 Å². The lowest BCUT2D eigenvalue weighted by Crippen LogP contribution is -2.23. The molecule has 2 aromatic carbocycles. The third-order valence-corrected chi connectivity index (χ3v) is 3.78. The molecule has 0 atom stereocenters. The molecule has 5 nitrogen and oxygen atoms in total. The van der Waals surface area contributed by atoms with Crippen LogP contribution in [0.2, 0.25) is 0 Å². The standard InChI is InChI=1S/C17H18BrN3O2/c1-12(22)21(2)16-8-6-14(7-9-16)19-11-17(23)20-15-5-3-4-13(18)10-15/h3-10,19H,11H2,1-2H3,(H,20,23). The molecule has 0 spiro atoms. The summed E-state index contributed by atoms with van der Waals surface area (Å²) in [7, 11) is 1.72. The number of rotatable bonds is 5. The van der Waals surface area contributed by atoms with Gasteiger partial charge in [-0.2, -0.15) is 0 Å². The van der Waals surface area contributed by atoms with Gasteiger partial charge < -0.3 is 15.5 Å². The van der Waals surface area contributed by atoms with Crippen molar-refractivity contribution in [1.82, 2.24) is 0 Å². The molecule has 0 aromatic heterocycles. The van der Waals surface area contributed by atoms with Crippen molar-refractivity contribution in [2.75, 3.05) is 29.1 Å². The van der Waals surface area contributed by atoms with E-state index in [2.05, 4.69) is 26.6 Å². The molecule has 2 rings (SSSR count). The number of anilines is 3. The molecule has 0 radical (unpaired) electrons. The molecule has 0 aliphatic heterocycles. The van der Waals surface area contributed by atoms with Crippen LogP contribution in [0.25, 0.3) is 0 Å². The topological polar surface area (TPSA) is 61.4 Å². The van der Waals surface area contributed by atoms with E-state index in [0.29, 0.717) is 0 Å². The molecule has 0 unspecified atom stereocenters. The third kappa shape index (κ3) is 5.10. The molecule has 120 valence electrons. The third-order valence-electron chi connectivity index (χ3n) is 3.29. The van der Waals surface area contributed by atoms with Crippen LogP contribution in [-0.4, -0.2) is 25.4 Å². The SMILES string of the molecule is CC(=O)N(C)c1ccc(NCC(=O)Nc2cccc(Br)c2)cc1. The van der Waals surface area contributed by atoms with Crippen LogP contribution in [0, 0.1) is 0 Å². The minimum absolute atomic E-state index is 0.0286. The monoisotopic (exact) mass is 375 g/mol. The maximum Gasteiger partial charge on any atom is 0.243 e. The molecule has 0 saturated heterocycles. The summed E-state index contributed by atoms with van der Waals surface area (Å²) in [5.74, 6) is -0.160. The predicted octanol–water partition coefficient (Wildman–Crippen LogP) is 3.48. The normalized spacial score (nSPS) is 10.0. The van der Waals surface area contributed by atoms with Gasteiger partial charge in [0, 0.05) is 35.5 Å². The van der Waals surface area contributed by atoms with Gasteiger partial charge in [-0.25, -0.2) is 0 Å². The number of hydrogen-bond acceptors (Lipinski definition) is 3. The van der Waals surface area contributed by atoms with Crippen molar-refractivity contribution in [1.29, 1.82) is 0 Å². The van der Waals surface area contributed by atoms with Gasteiger partial charge in [0.2, 0.25) is 11.8 Å². The van der Waals surface area contributed by atoms with Crippen LogP contribution in [0.5, 0.6) is 0 Å². The molecule has 2 N–H and O–H groups in total. The van der Waals surface area contributed by atoms with Crippen molar-refractivity contribution in [2.24, 2.45) is 0 Å². The number of halogens is 1. The van der Waals surface area contributed by atoms with Gasteiger partial charge in [0.15, 0.2) is 0 Å². The zero-order valence-electron chi connectivity index (χ0n) is 13.0. The Kier molecular flexibility index (Phi) is 5.76. The molecule has 0 heterocycles. The quantitative estimate of drug-likeness (QED) is 0.840. The van der Waals surface area contributed by atoms with E-state index in [1.54, 1.807) is 11.9 Å². The minimum Gasteiger partial charge on any atom is -0.376 e. The van der Waals surface area contributed by atoms with Crippen LogP contribution in [0.4, 0.5) is 17.1 Å². The van der Waals surface area contributed by atoms with Gasteiger partial charge in [-0.05, 0) is 42.5 Å². The summed E-state index contributed by atoms with van der Waals surface area (Å²) in [6, 6.07) is 14.7. The fraction of sp³-hybridized carbons (Fsp3) is 0.176. The summed E-state index contributed by atoms with van der Waals surface area (Å²) in [5, 5.41) is 5.86. The Hall–Kier alpha value is -2.34. The van der Waals surface area contributed by atoms with Crippen LogP contribution in [0.1, 0.15) is 6.92 Å². The van der Waals surface area contributed by atoms with Gasteiger partial charge in [0.1, 0.15) is 0 Å². The summed E-state index contributed by atoms with van der Waals surface area (Å²) >= 11 is 3.36. The lowest BCUT2D eigenvalue weighted by Gasteiger charge is -2.15. The smallest absolute Gasteiger partial charge is 0.243 e. The maximum absolute atomic E-state index is 11.9. The van der Waals surface area contributed by atoms with E-state index < -0.39 is 0 Å². The molecule has 2 amide bonds. The van der Waals surface area contributed by atoms with Crippen LogP contribution in [-0.2, 0) is 9.59 Å². The highest BCUT2D eigenvalue weighted by atomic mass is 79.9. The summed E-state index contributed by atoms with van der Waals surface area (Å²) in [6.07, 6.45) is 0. The minimum atomic E-state index is -0.131. The van der Waals surface area contributed by atoms with Gasteiger partial charge in [0.25, 0.3) is 0 Å². The van der Waals surface area contributed by atoms with E-state index in [0.717, 1.165) is 21.5 Å². The van der Waals surface area contributed by atoms with Crippen molar-refractivity contribution in [3.8, 4) is 0 Å². The lowest BCUT2D eigenvalue weighted by atomic mass is 10.2. The lowest BCUT2D eigenvalue weighted by molar-refractivity contribution is -0.116. The molecule has 0 aliphatic rings. The van der Waals surface area contributed by atoms with Crippen molar-refractivity contribution in [2.45, 2.75) is 6.92 Å². The maximum atomic E-state index is 11.9. The first kappa shape index (κ1) is 17.0. The van der Waals surface area contributed by atoms with Crippen LogP contribution >= 0.6 is 15.9 Å². The van der Waals surface area contributed by atoms with E-state index in [9.17, 15) is 9.59 Å². The van der Waals surface area contributed by atoms with Crippen molar-refractivity contribution in [3.63, 3.8) is 0 Å². The summed E-state index contributed by atoms with van der Waals surface area (Å²) < 4.78 is 0.911. The fourth-order valence-corrected chi connectivity index (χ4v) is 2.34. The van der Waals surface area contributed by atoms with Gasteiger partial charge >= 0.3 is 0 Å². The largest absolute Gasteiger partial charge is 0.376 e. The Labute approximate surface area is 143 Å². The Bertz CT molecular complexity index is 701. The number of benzene rings is 2. The molecule has 2 aromatic rings. The van der Waals surface area contributed by atoms with Crippen LogP contribution in [0.15, 0.2) is 53.0 Å². The highest BCUT2D eigenvalue weighted by molar-refractivity contribution is 9.10. The summed E-state index contributed by atoms with van der Waals surface area (Å²) in [6.45, 7) is 1.67. The van der Waals surface area contributed by atoms with Crippen LogP contribution < -0.4 is 15.5 Å². The van der Waals surface area contributed by atoms with Crippen molar-refractivity contribution < 1.29 is 9.59 Å². The number of carbonyl (C=O) groups is 2. The number of hydrogen-bond donors (Lipinski definition) is 2. The molecule has 6 heteroatoms. The van der Waals surface area contributed by atoms with E-state index in [4.69, 9.17) is 0 Å². The van der Waals surface area contributed by atoms with E-state index >= 15 is 0 Å². The number of carbonyl (C=O) groups excluding carboxylic acids is 2. The zero-order chi connectivity index (χ0) is 16.8. The van der Waals surface area contributed by atoms with Crippen molar-refractivity contribution >= 4 is 44.8 Å². The first-order chi connectivity index (χ1) is 11.0. The van der Waals surface area contributed by atoms with Gasteiger partial charge in [-0.15, -0.1) is 0 Å². The predicted molar refractivity (Wildman–Crippen MR) is 96.8 cm³/mol. The molecule has 0 aliphatic carbocycles.